The third kappa shape index (κ3) is 4.00. The standard InChI is InChI=1S/C19H20N2O4S/c1-14-3-2-4-15(13-14)11-12-20-26(24,25)17-7-5-16(6-8-17)21-18(22)9-10-19(21)23/h2-8,13,20H,9-12H2,1H3. The number of sulfonamides is 1. The van der Waals surface area contributed by atoms with Crippen LogP contribution in [0.25, 0.3) is 0 Å². The van der Waals surface area contributed by atoms with E-state index in [0.29, 0.717) is 12.1 Å². The van der Waals surface area contributed by atoms with Crippen molar-refractivity contribution in [1.82, 2.24) is 4.72 Å². The van der Waals surface area contributed by atoms with E-state index in [1.807, 2.05) is 31.2 Å². The summed E-state index contributed by atoms with van der Waals surface area (Å²) in [6.07, 6.45) is 0.981. The zero-order valence-electron chi connectivity index (χ0n) is 14.4. The third-order valence-corrected chi connectivity index (χ3v) is 5.72. The first-order valence-corrected chi connectivity index (χ1v) is 9.86. The molecular formula is C19H20N2O4S. The van der Waals surface area contributed by atoms with Crippen molar-refractivity contribution in [2.75, 3.05) is 11.4 Å². The molecule has 2 amide bonds. The van der Waals surface area contributed by atoms with E-state index in [9.17, 15) is 18.0 Å². The summed E-state index contributed by atoms with van der Waals surface area (Å²) in [5.74, 6) is -0.524. The first-order valence-electron chi connectivity index (χ1n) is 8.38. The van der Waals surface area contributed by atoms with Gasteiger partial charge < -0.3 is 0 Å². The Morgan fingerprint density at radius 3 is 2.27 bits per heavy atom. The van der Waals surface area contributed by atoms with Crippen LogP contribution in [0.4, 0.5) is 5.69 Å². The second-order valence-electron chi connectivity index (χ2n) is 6.25. The quantitative estimate of drug-likeness (QED) is 0.788. The van der Waals surface area contributed by atoms with Crippen LogP contribution in [0.3, 0.4) is 0 Å². The Bertz CT molecular complexity index is 920. The van der Waals surface area contributed by atoms with E-state index in [0.717, 1.165) is 16.0 Å². The van der Waals surface area contributed by atoms with Gasteiger partial charge >= 0.3 is 0 Å². The van der Waals surface area contributed by atoms with Crippen LogP contribution in [0, 0.1) is 6.92 Å². The lowest BCUT2D eigenvalue weighted by Crippen LogP contribution is -2.29. The third-order valence-electron chi connectivity index (χ3n) is 4.24. The average molecular weight is 372 g/mol. The minimum atomic E-state index is -3.65. The molecule has 0 unspecified atom stereocenters. The second kappa shape index (κ2) is 7.39. The Morgan fingerprint density at radius 2 is 1.65 bits per heavy atom. The van der Waals surface area contributed by atoms with Crippen LogP contribution in [0.15, 0.2) is 53.4 Å². The number of carbonyl (C=O) groups is 2. The molecule has 0 aliphatic carbocycles. The number of hydrogen-bond acceptors (Lipinski definition) is 4. The zero-order valence-corrected chi connectivity index (χ0v) is 15.3. The lowest BCUT2D eigenvalue weighted by atomic mass is 10.1. The molecule has 1 aliphatic rings. The summed E-state index contributed by atoms with van der Waals surface area (Å²) in [5.41, 5.74) is 2.59. The predicted molar refractivity (Wildman–Crippen MR) is 98.2 cm³/mol. The van der Waals surface area contributed by atoms with Gasteiger partial charge in [-0.3, -0.25) is 14.5 Å². The van der Waals surface area contributed by atoms with Crippen LogP contribution in [-0.2, 0) is 26.0 Å². The Labute approximate surface area is 152 Å². The van der Waals surface area contributed by atoms with Crippen molar-refractivity contribution in [3.63, 3.8) is 0 Å². The Hall–Kier alpha value is -2.51. The summed E-state index contributed by atoms with van der Waals surface area (Å²) in [6.45, 7) is 2.28. The number of nitrogens with one attached hydrogen (secondary N) is 1. The Balaban J connectivity index is 1.65. The number of imide groups is 1. The molecule has 1 heterocycles. The lowest BCUT2D eigenvalue weighted by Gasteiger charge is -2.14. The highest BCUT2D eigenvalue weighted by Crippen LogP contribution is 2.23. The van der Waals surface area contributed by atoms with E-state index in [4.69, 9.17) is 0 Å². The summed E-state index contributed by atoms with van der Waals surface area (Å²) in [4.78, 5) is 24.7. The number of anilines is 1. The van der Waals surface area contributed by atoms with E-state index in [1.165, 1.54) is 24.3 Å². The van der Waals surface area contributed by atoms with Gasteiger partial charge in [0.1, 0.15) is 0 Å². The maximum Gasteiger partial charge on any atom is 0.240 e. The van der Waals surface area contributed by atoms with Gasteiger partial charge in [0, 0.05) is 19.4 Å². The van der Waals surface area contributed by atoms with Crippen molar-refractivity contribution in [2.24, 2.45) is 0 Å². The van der Waals surface area contributed by atoms with Crippen molar-refractivity contribution in [3.05, 3.63) is 59.7 Å². The Morgan fingerprint density at radius 1 is 1.00 bits per heavy atom. The van der Waals surface area contributed by atoms with Gasteiger partial charge in [0.15, 0.2) is 0 Å². The minimum absolute atomic E-state index is 0.101. The van der Waals surface area contributed by atoms with Gasteiger partial charge in [-0.1, -0.05) is 29.8 Å². The maximum absolute atomic E-state index is 12.4. The summed E-state index contributed by atoms with van der Waals surface area (Å²) in [6, 6.07) is 13.7. The monoisotopic (exact) mass is 372 g/mol. The fourth-order valence-corrected chi connectivity index (χ4v) is 3.95. The number of rotatable bonds is 6. The molecular weight excluding hydrogens is 352 g/mol. The highest BCUT2D eigenvalue weighted by molar-refractivity contribution is 7.89. The van der Waals surface area contributed by atoms with Crippen LogP contribution >= 0.6 is 0 Å². The van der Waals surface area contributed by atoms with E-state index in [-0.39, 0.29) is 36.1 Å². The predicted octanol–water partition coefficient (Wildman–Crippen LogP) is 2.17. The molecule has 1 N–H and O–H groups in total. The van der Waals surface area contributed by atoms with Crippen molar-refractivity contribution in [1.29, 1.82) is 0 Å². The van der Waals surface area contributed by atoms with Gasteiger partial charge in [0.2, 0.25) is 21.8 Å². The molecule has 0 atom stereocenters. The van der Waals surface area contributed by atoms with Crippen LogP contribution in [-0.4, -0.2) is 26.8 Å². The van der Waals surface area contributed by atoms with Crippen molar-refractivity contribution < 1.29 is 18.0 Å². The highest BCUT2D eigenvalue weighted by atomic mass is 32.2. The van der Waals surface area contributed by atoms with Crippen molar-refractivity contribution >= 4 is 27.5 Å². The van der Waals surface area contributed by atoms with Crippen molar-refractivity contribution in [3.8, 4) is 0 Å². The summed E-state index contributed by atoms with van der Waals surface area (Å²) in [5, 5.41) is 0. The minimum Gasteiger partial charge on any atom is -0.274 e. The number of hydrogen-bond donors (Lipinski definition) is 1. The molecule has 2 aromatic carbocycles. The molecule has 0 aromatic heterocycles. The van der Waals surface area contributed by atoms with Crippen LogP contribution < -0.4 is 9.62 Å². The molecule has 1 aliphatic heterocycles. The summed E-state index contributed by atoms with van der Waals surface area (Å²) in [7, 11) is -3.65. The fourth-order valence-electron chi connectivity index (χ4n) is 2.92. The van der Waals surface area contributed by atoms with Gasteiger partial charge in [-0.25, -0.2) is 13.1 Å². The van der Waals surface area contributed by atoms with E-state index < -0.39 is 10.0 Å². The molecule has 0 saturated carbocycles. The molecule has 136 valence electrons. The van der Waals surface area contributed by atoms with Gasteiger partial charge in [-0.2, -0.15) is 0 Å². The second-order valence-corrected chi connectivity index (χ2v) is 8.02. The first-order chi connectivity index (χ1) is 12.4. The van der Waals surface area contributed by atoms with E-state index in [1.54, 1.807) is 0 Å². The average Bonchev–Trinajstić information content (AvgIpc) is 2.93. The van der Waals surface area contributed by atoms with Crippen LogP contribution in [0.1, 0.15) is 24.0 Å². The smallest absolute Gasteiger partial charge is 0.240 e. The zero-order chi connectivity index (χ0) is 18.7. The molecule has 1 fully saturated rings. The number of amides is 2. The van der Waals surface area contributed by atoms with E-state index in [2.05, 4.69) is 4.72 Å². The molecule has 7 heteroatoms. The normalized spacial score (nSPS) is 14.9. The number of benzene rings is 2. The number of carbonyl (C=O) groups excluding carboxylic acids is 2. The first kappa shape index (κ1) is 18.3. The summed E-state index contributed by atoms with van der Waals surface area (Å²) < 4.78 is 27.4. The molecule has 1 saturated heterocycles. The lowest BCUT2D eigenvalue weighted by molar-refractivity contribution is -0.121. The van der Waals surface area contributed by atoms with Crippen LogP contribution in [0.2, 0.25) is 0 Å². The topological polar surface area (TPSA) is 83.6 Å². The highest BCUT2D eigenvalue weighted by Gasteiger charge is 2.30. The van der Waals surface area contributed by atoms with E-state index >= 15 is 0 Å². The molecule has 0 bridgehead atoms. The molecule has 0 radical (unpaired) electrons. The number of aryl methyl sites for hydroxylation is 1. The molecule has 26 heavy (non-hydrogen) atoms. The van der Waals surface area contributed by atoms with Gasteiger partial charge in [0.05, 0.1) is 10.6 Å². The van der Waals surface area contributed by atoms with Gasteiger partial charge in [-0.05, 0) is 43.2 Å². The molecule has 3 rings (SSSR count). The van der Waals surface area contributed by atoms with Gasteiger partial charge in [0.25, 0.3) is 0 Å². The maximum atomic E-state index is 12.4. The SMILES string of the molecule is Cc1cccc(CCNS(=O)(=O)c2ccc(N3C(=O)CCC3=O)cc2)c1. The number of nitrogens with zero attached hydrogens (tertiary/aromatic N) is 1. The Kier molecular flexibility index (Phi) is 5.20. The van der Waals surface area contributed by atoms with Crippen LogP contribution in [0.5, 0.6) is 0 Å². The van der Waals surface area contributed by atoms with Gasteiger partial charge in [-0.15, -0.1) is 0 Å². The van der Waals surface area contributed by atoms with Crippen molar-refractivity contribution in [2.45, 2.75) is 31.1 Å². The largest absolute Gasteiger partial charge is 0.274 e. The molecule has 6 nitrogen and oxygen atoms in total. The molecule has 2 aromatic rings. The summed E-state index contributed by atoms with van der Waals surface area (Å²) >= 11 is 0. The fraction of sp³-hybridized carbons (Fsp3) is 0.263. The molecule has 0 spiro atoms.